The molecule has 2 rings (SSSR count). The maximum absolute atomic E-state index is 6.20. The van der Waals surface area contributed by atoms with Crippen LogP contribution in [0.15, 0.2) is 24.4 Å². The predicted octanol–water partition coefficient (Wildman–Crippen LogP) is 1.83. The van der Waals surface area contributed by atoms with Crippen molar-refractivity contribution in [1.29, 1.82) is 0 Å². The summed E-state index contributed by atoms with van der Waals surface area (Å²) in [6.07, 6.45) is 3.28. The lowest BCUT2D eigenvalue weighted by molar-refractivity contribution is -0.0230. The van der Waals surface area contributed by atoms with Crippen molar-refractivity contribution in [1.82, 2.24) is 9.88 Å². The SMILES string of the molecule is COC1CN(C(c2ccccn2)C(C)N)CCC1C. The molecular formula is C15H25N3O. The molecule has 4 atom stereocenters. The lowest BCUT2D eigenvalue weighted by atomic mass is 9.92. The molecule has 1 saturated heterocycles. The molecule has 1 aliphatic heterocycles. The monoisotopic (exact) mass is 263 g/mol. The topological polar surface area (TPSA) is 51.4 Å². The van der Waals surface area contributed by atoms with Gasteiger partial charge in [-0.05, 0) is 37.9 Å². The van der Waals surface area contributed by atoms with E-state index in [0.29, 0.717) is 12.0 Å². The maximum atomic E-state index is 6.20. The van der Waals surface area contributed by atoms with Gasteiger partial charge in [0.1, 0.15) is 0 Å². The van der Waals surface area contributed by atoms with Crippen LogP contribution in [0.3, 0.4) is 0 Å². The van der Waals surface area contributed by atoms with Gasteiger partial charge < -0.3 is 10.5 Å². The molecule has 1 fully saturated rings. The summed E-state index contributed by atoms with van der Waals surface area (Å²) < 4.78 is 5.60. The summed E-state index contributed by atoms with van der Waals surface area (Å²) >= 11 is 0. The van der Waals surface area contributed by atoms with E-state index < -0.39 is 0 Å². The average Bonchev–Trinajstić information content (AvgIpc) is 2.41. The molecule has 4 nitrogen and oxygen atoms in total. The average molecular weight is 263 g/mol. The number of aromatic nitrogens is 1. The van der Waals surface area contributed by atoms with Crippen molar-refractivity contribution in [2.24, 2.45) is 11.7 Å². The molecule has 0 bridgehead atoms. The molecule has 0 aromatic carbocycles. The Bertz CT molecular complexity index is 382. The fourth-order valence-corrected chi connectivity index (χ4v) is 2.96. The van der Waals surface area contributed by atoms with Crippen molar-refractivity contribution < 1.29 is 4.74 Å². The van der Waals surface area contributed by atoms with Gasteiger partial charge >= 0.3 is 0 Å². The number of hydrogen-bond acceptors (Lipinski definition) is 4. The Labute approximate surface area is 116 Å². The molecule has 1 aromatic rings. The summed E-state index contributed by atoms with van der Waals surface area (Å²) in [7, 11) is 1.80. The first-order chi connectivity index (χ1) is 9.13. The predicted molar refractivity (Wildman–Crippen MR) is 76.8 cm³/mol. The lowest BCUT2D eigenvalue weighted by Crippen LogP contribution is -2.49. The smallest absolute Gasteiger partial charge is 0.0724 e. The molecule has 0 radical (unpaired) electrons. The number of hydrogen-bond donors (Lipinski definition) is 1. The molecule has 2 heterocycles. The third kappa shape index (κ3) is 3.32. The minimum Gasteiger partial charge on any atom is -0.380 e. The van der Waals surface area contributed by atoms with E-state index in [-0.39, 0.29) is 12.1 Å². The van der Waals surface area contributed by atoms with Crippen LogP contribution >= 0.6 is 0 Å². The van der Waals surface area contributed by atoms with Gasteiger partial charge in [-0.3, -0.25) is 9.88 Å². The van der Waals surface area contributed by atoms with Gasteiger partial charge in [0, 0.05) is 25.9 Å². The molecular weight excluding hydrogens is 238 g/mol. The van der Waals surface area contributed by atoms with Crippen LogP contribution in [0.25, 0.3) is 0 Å². The second kappa shape index (κ2) is 6.46. The molecule has 0 saturated carbocycles. The van der Waals surface area contributed by atoms with Gasteiger partial charge in [0.05, 0.1) is 17.8 Å². The maximum Gasteiger partial charge on any atom is 0.0724 e. The van der Waals surface area contributed by atoms with Gasteiger partial charge in [0.2, 0.25) is 0 Å². The van der Waals surface area contributed by atoms with Crippen molar-refractivity contribution >= 4 is 0 Å². The van der Waals surface area contributed by atoms with Gasteiger partial charge in [-0.25, -0.2) is 0 Å². The summed E-state index contributed by atoms with van der Waals surface area (Å²) in [5.41, 5.74) is 7.26. The van der Waals surface area contributed by atoms with Crippen LogP contribution in [-0.4, -0.2) is 42.2 Å². The Morgan fingerprint density at radius 2 is 2.26 bits per heavy atom. The summed E-state index contributed by atoms with van der Waals surface area (Å²) in [4.78, 5) is 6.90. The molecule has 1 aliphatic rings. The van der Waals surface area contributed by atoms with Gasteiger partial charge in [-0.2, -0.15) is 0 Å². The lowest BCUT2D eigenvalue weighted by Gasteiger charge is -2.41. The van der Waals surface area contributed by atoms with Crippen LogP contribution in [0, 0.1) is 5.92 Å². The van der Waals surface area contributed by atoms with E-state index in [4.69, 9.17) is 10.5 Å². The highest BCUT2D eigenvalue weighted by Crippen LogP contribution is 2.28. The largest absolute Gasteiger partial charge is 0.380 e. The Balaban J connectivity index is 2.16. The molecule has 1 aromatic heterocycles. The van der Waals surface area contributed by atoms with E-state index in [1.807, 2.05) is 18.3 Å². The zero-order chi connectivity index (χ0) is 13.8. The highest BCUT2D eigenvalue weighted by molar-refractivity contribution is 5.11. The Hall–Kier alpha value is -0.970. The van der Waals surface area contributed by atoms with E-state index in [2.05, 4.69) is 29.8 Å². The number of likely N-dealkylation sites (tertiary alicyclic amines) is 1. The van der Waals surface area contributed by atoms with Crippen LogP contribution in [0.1, 0.15) is 32.0 Å². The summed E-state index contributed by atoms with van der Waals surface area (Å²) in [5.74, 6) is 0.610. The minimum absolute atomic E-state index is 0.0563. The Kier molecular flexibility index (Phi) is 4.91. The molecule has 4 heteroatoms. The van der Waals surface area contributed by atoms with E-state index in [1.165, 1.54) is 0 Å². The summed E-state index contributed by atoms with van der Waals surface area (Å²) in [5, 5.41) is 0. The van der Waals surface area contributed by atoms with Gasteiger partial charge in [-0.1, -0.05) is 13.0 Å². The van der Waals surface area contributed by atoms with Gasteiger partial charge in [-0.15, -0.1) is 0 Å². The number of rotatable bonds is 4. The number of piperidine rings is 1. The van der Waals surface area contributed by atoms with Crippen LogP contribution in [0.4, 0.5) is 0 Å². The molecule has 0 aliphatic carbocycles. The number of methoxy groups -OCH3 is 1. The Morgan fingerprint density at radius 3 is 2.84 bits per heavy atom. The first kappa shape index (κ1) is 14.4. The highest BCUT2D eigenvalue weighted by Gasteiger charge is 2.33. The molecule has 0 amide bonds. The van der Waals surface area contributed by atoms with Crippen molar-refractivity contribution in [2.45, 2.75) is 38.5 Å². The van der Waals surface area contributed by atoms with Crippen molar-refractivity contribution in [3.63, 3.8) is 0 Å². The number of nitrogens with zero attached hydrogens (tertiary/aromatic N) is 2. The molecule has 0 spiro atoms. The number of nitrogens with two attached hydrogens (primary N) is 1. The van der Waals surface area contributed by atoms with Crippen molar-refractivity contribution in [2.75, 3.05) is 20.2 Å². The van der Waals surface area contributed by atoms with E-state index >= 15 is 0 Å². The van der Waals surface area contributed by atoms with Crippen molar-refractivity contribution in [3.05, 3.63) is 30.1 Å². The normalized spacial score (nSPS) is 28.0. The van der Waals surface area contributed by atoms with Gasteiger partial charge in [0.15, 0.2) is 0 Å². The standard InChI is InChI=1S/C15H25N3O/c1-11-7-9-18(10-14(11)19-3)15(12(2)16)13-6-4-5-8-17-13/h4-6,8,11-12,14-15H,7,9-10,16H2,1-3H3. The van der Waals surface area contributed by atoms with Crippen LogP contribution in [0.2, 0.25) is 0 Å². The molecule has 106 valence electrons. The van der Waals surface area contributed by atoms with Crippen LogP contribution in [0.5, 0.6) is 0 Å². The van der Waals surface area contributed by atoms with E-state index in [0.717, 1.165) is 25.2 Å². The fraction of sp³-hybridized carbons (Fsp3) is 0.667. The summed E-state index contributed by atoms with van der Waals surface area (Å²) in [6, 6.07) is 6.26. The van der Waals surface area contributed by atoms with E-state index in [9.17, 15) is 0 Å². The molecule has 2 N–H and O–H groups in total. The second-order valence-corrected chi connectivity index (χ2v) is 5.59. The first-order valence-corrected chi connectivity index (χ1v) is 7.06. The van der Waals surface area contributed by atoms with Crippen LogP contribution in [-0.2, 0) is 4.74 Å². The second-order valence-electron chi connectivity index (χ2n) is 5.59. The molecule has 4 unspecified atom stereocenters. The molecule has 19 heavy (non-hydrogen) atoms. The zero-order valence-electron chi connectivity index (χ0n) is 12.1. The van der Waals surface area contributed by atoms with E-state index in [1.54, 1.807) is 7.11 Å². The number of ether oxygens (including phenoxy) is 1. The third-order valence-corrected chi connectivity index (χ3v) is 4.11. The zero-order valence-corrected chi connectivity index (χ0v) is 12.1. The van der Waals surface area contributed by atoms with Crippen LogP contribution < -0.4 is 5.73 Å². The van der Waals surface area contributed by atoms with Gasteiger partial charge in [0.25, 0.3) is 0 Å². The van der Waals surface area contributed by atoms with Crippen molar-refractivity contribution in [3.8, 4) is 0 Å². The third-order valence-electron chi connectivity index (χ3n) is 4.11. The summed E-state index contributed by atoms with van der Waals surface area (Å²) in [6.45, 7) is 6.30. The quantitative estimate of drug-likeness (QED) is 0.900. The highest BCUT2D eigenvalue weighted by atomic mass is 16.5. The minimum atomic E-state index is 0.0563. The fourth-order valence-electron chi connectivity index (χ4n) is 2.96. The first-order valence-electron chi connectivity index (χ1n) is 7.06. The Morgan fingerprint density at radius 1 is 1.47 bits per heavy atom. The number of pyridine rings is 1.